The lowest BCUT2D eigenvalue weighted by molar-refractivity contribution is -0.211. The first-order valence-electron chi connectivity index (χ1n) is 6.46. The number of hydrogen-bond donors (Lipinski definition) is 1. The lowest BCUT2D eigenvalue weighted by Crippen LogP contribution is -2.39. The molecule has 0 saturated carbocycles. The van der Waals surface area contributed by atoms with Crippen LogP contribution in [0.5, 0.6) is 0 Å². The van der Waals surface area contributed by atoms with Gasteiger partial charge in [-0.15, -0.1) is 0 Å². The van der Waals surface area contributed by atoms with Gasteiger partial charge in [-0.05, 0) is 31.0 Å². The van der Waals surface area contributed by atoms with Crippen molar-refractivity contribution in [2.75, 3.05) is 6.54 Å². The van der Waals surface area contributed by atoms with Gasteiger partial charge < -0.3 is 10.1 Å². The Labute approximate surface area is 125 Å². The van der Waals surface area contributed by atoms with E-state index in [4.69, 9.17) is 11.6 Å². The number of halogens is 4. The van der Waals surface area contributed by atoms with Crippen LogP contribution in [0.2, 0.25) is 5.02 Å². The van der Waals surface area contributed by atoms with Gasteiger partial charge in [0.25, 0.3) is 0 Å². The summed E-state index contributed by atoms with van der Waals surface area (Å²) in [6, 6.07) is 7.20. The average molecular weight is 322 g/mol. The Bertz CT molecular complexity index is 518. The van der Waals surface area contributed by atoms with Crippen LogP contribution in [0, 0.1) is 0 Å². The third kappa shape index (κ3) is 4.35. The summed E-state index contributed by atoms with van der Waals surface area (Å²) < 4.78 is 41.3. The highest BCUT2D eigenvalue weighted by Gasteiger charge is 2.47. The first-order chi connectivity index (χ1) is 9.68. The Balaban J connectivity index is 1.93. The summed E-state index contributed by atoms with van der Waals surface area (Å²) in [7, 11) is 0. The molecule has 7 heteroatoms. The van der Waals surface area contributed by atoms with E-state index in [0.29, 0.717) is 17.9 Å². The molecule has 1 aromatic rings. The van der Waals surface area contributed by atoms with E-state index in [2.05, 4.69) is 10.1 Å². The molecule has 3 nitrogen and oxygen atoms in total. The predicted molar refractivity (Wildman–Crippen MR) is 72.1 cm³/mol. The number of rotatable bonds is 3. The fraction of sp³-hybridized carbons (Fsp3) is 0.500. The smallest absolute Gasteiger partial charge is 0.451 e. The van der Waals surface area contributed by atoms with Crippen molar-refractivity contribution >= 4 is 17.6 Å². The van der Waals surface area contributed by atoms with Crippen molar-refractivity contribution in [2.45, 2.75) is 37.6 Å². The largest absolute Gasteiger partial charge is 0.490 e. The first-order valence-corrected chi connectivity index (χ1v) is 6.84. The summed E-state index contributed by atoms with van der Waals surface area (Å²) in [4.78, 5) is 10.9. The maximum absolute atomic E-state index is 12.2. The van der Waals surface area contributed by atoms with Crippen LogP contribution >= 0.6 is 11.6 Å². The zero-order valence-electron chi connectivity index (χ0n) is 11.3. The first kappa shape index (κ1) is 16.1. The second-order valence-electron chi connectivity index (χ2n) is 5.45. The van der Waals surface area contributed by atoms with E-state index in [1.54, 1.807) is 12.1 Å². The van der Waals surface area contributed by atoms with E-state index >= 15 is 0 Å². The van der Waals surface area contributed by atoms with Crippen LogP contribution in [0.25, 0.3) is 0 Å². The molecule has 0 radical (unpaired) electrons. The lowest BCUT2D eigenvalue weighted by atomic mass is 9.98. The normalized spacial score (nSPS) is 25.9. The standard InChI is InChI=1S/C14H15ClF3NO2/c1-13(21-12(20)14(16,17)18)7-11(19-8-13)6-9-2-4-10(15)5-3-9/h2-5,11,19H,6-8H2,1H3/t11-,13?/m0/s1. The van der Waals surface area contributed by atoms with E-state index < -0.39 is 17.7 Å². The predicted octanol–water partition coefficient (Wildman–Crippen LogP) is 3.11. The molecule has 21 heavy (non-hydrogen) atoms. The van der Waals surface area contributed by atoms with Gasteiger partial charge in [-0.25, -0.2) is 4.79 Å². The number of benzene rings is 1. The van der Waals surface area contributed by atoms with Gasteiger partial charge in [-0.1, -0.05) is 23.7 Å². The van der Waals surface area contributed by atoms with Gasteiger partial charge in [0.2, 0.25) is 0 Å². The Kier molecular flexibility index (Phi) is 4.49. The number of hydrogen-bond acceptors (Lipinski definition) is 3. The van der Waals surface area contributed by atoms with E-state index in [1.807, 2.05) is 12.1 Å². The van der Waals surface area contributed by atoms with Crippen molar-refractivity contribution in [3.63, 3.8) is 0 Å². The molecule has 2 rings (SSSR count). The zero-order valence-corrected chi connectivity index (χ0v) is 12.1. The third-order valence-electron chi connectivity index (χ3n) is 3.41. The van der Waals surface area contributed by atoms with Crippen molar-refractivity contribution in [3.8, 4) is 0 Å². The van der Waals surface area contributed by atoms with Crippen molar-refractivity contribution in [3.05, 3.63) is 34.9 Å². The third-order valence-corrected chi connectivity index (χ3v) is 3.66. The second-order valence-corrected chi connectivity index (χ2v) is 5.89. The molecule has 0 amide bonds. The second kappa shape index (κ2) is 5.85. The zero-order chi connectivity index (χ0) is 15.7. The molecule has 1 aliphatic heterocycles. The van der Waals surface area contributed by atoms with Crippen molar-refractivity contribution in [1.29, 1.82) is 0 Å². The molecule has 116 valence electrons. The number of ether oxygens (including phenoxy) is 1. The topological polar surface area (TPSA) is 38.3 Å². The molecule has 1 unspecified atom stereocenters. The fourth-order valence-electron chi connectivity index (χ4n) is 2.43. The van der Waals surface area contributed by atoms with Gasteiger partial charge >= 0.3 is 12.1 Å². The average Bonchev–Trinajstić information content (AvgIpc) is 2.72. The van der Waals surface area contributed by atoms with Gasteiger partial charge in [-0.2, -0.15) is 13.2 Å². The molecule has 1 aliphatic rings. The Morgan fingerprint density at radius 1 is 1.43 bits per heavy atom. The molecule has 1 heterocycles. The molecule has 1 fully saturated rings. The van der Waals surface area contributed by atoms with Crippen molar-refractivity contribution < 1.29 is 22.7 Å². The molecule has 1 N–H and O–H groups in total. The highest BCUT2D eigenvalue weighted by molar-refractivity contribution is 6.30. The summed E-state index contributed by atoms with van der Waals surface area (Å²) in [5.41, 5.74) is -0.118. The number of nitrogens with one attached hydrogen (secondary N) is 1. The molecular weight excluding hydrogens is 307 g/mol. The minimum absolute atomic E-state index is 0.0443. The molecule has 0 spiro atoms. The van der Waals surface area contributed by atoms with Gasteiger partial charge in [0.05, 0.1) is 0 Å². The molecule has 1 saturated heterocycles. The highest BCUT2D eigenvalue weighted by atomic mass is 35.5. The van der Waals surface area contributed by atoms with Gasteiger partial charge in [0.15, 0.2) is 0 Å². The molecule has 1 aromatic carbocycles. The van der Waals surface area contributed by atoms with E-state index in [1.165, 1.54) is 6.92 Å². The van der Waals surface area contributed by atoms with Gasteiger partial charge in [0.1, 0.15) is 5.60 Å². The fourth-order valence-corrected chi connectivity index (χ4v) is 2.56. The maximum Gasteiger partial charge on any atom is 0.490 e. The van der Waals surface area contributed by atoms with Crippen LogP contribution in [-0.4, -0.2) is 30.3 Å². The summed E-state index contributed by atoms with van der Waals surface area (Å²) in [6.45, 7) is 1.71. The number of alkyl halides is 3. The lowest BCUT2D eigenvalue weighted by Gasteiger charge is -2.24. The van der Waals surface area contributed by atoms with Crippen LogP contribution in [0.1, 0.15) is 18.9 Å². The van der Waals surface area contributed by atoms with Gasteiger partial charge in [-0.3, -0.25) is 0 Å². The summed E-state index contributed by atoms with van der Waals surface area (Å²) >= 11 is 5.79. The molecule has 0 bridgehead atoms. The van der Waals surface area contributed by atoms with Crippen LogP contribution in [0.4, 0.5) is 13.2 Å². The monoisotopic (exact) mass is 321 g/mol. The van der Waals surface area contributed by atoms with Crippen LogP contribution in [-0.2, 0) is 16.0 Å². The van der Waals surface area contributed by atoms with E-state index in [-0.39, 0.29) is 12.6 Å². The van der Waals surface area contributed by atoms with Crippen LogP contribution in [0.3, 0.4) is 0 Å². The Morgan fingerprint density at radius 3 is 2.62 bits per heavy atom. The van der Waals surface area contributed by atoms with Crippen LogP contribution in [0.15, 0.2) is 24.3 Å². The minimum Gasteiger partial charge on any atom is -0.451 e. The summed E-state index contributed by atoms with van der Waals surface area (Å²) in [5.74, 6) is -2.14. The van der Waals surface area contributed by atoms with Gasteiger partial charge in [0, 0.05) is 24.0 Å². The van der Waals surface area contributed by atoms with Crippen molar-refractivity contribution in [1.82, 2.24) is 5.32 Å². The summed E-state index contributed by atoms with van der Waals surface area (Å²) in [6.07, 6.45) is -3.99. The van der Waals surface area contributed by atoms with Crippen molar-refractivity contribution in [2.24, 2.45) is 0 Å². The Hall–Kier alpha value is -1.27. The molecule has 2 atom stereocenters. The minimum atomic E-state index is -4.96. The molecule has 0 aliphatic carbocycles. The molecule has 0 aromatic heterocycles. The SMILES string of the molecule is CC1(OC(=O)C(F)(F)F)CN[C@@H](Cc2ccc(Cl)cc2)C1. The number of carbonyl (C=O) groups is 1. The molecular formula is C14H15ClF3NO2. The maximum atomic E-state index is 12.2. The number of carbonyl (C=O) groups excluding carboxylic acids is 1. The van der Waals surface area contributed by atoms with Crippen LogP contribution < -0.4 is 5.32 Å². The highest BCUT2D eigenvalue weighted by Crippen LogP contribution is 2.29. The number of esters is 1. The summed E-state index contributed by atoms with van der Waals surface area (Å²) in [5, 5.41) is 3.72. The van der Waals surface area contributed by atoms with E-state index in [9.17, 15) is 18.0 Å². The van der Waals surface area contributed by atoms with E-state index in [0.717, 1.165) is 5.56 Å². The quantitative estimate of drug-likeness (QED) is 0.869. The Morgan fingerprint density at radius 2 is 2.05 bits per heavy atom.